The molecule has 126 valence electrons. The van der Waals surface area contributed by atoms with Crippen LogP contribution in [0.15, 0.2) is 18.2 Å². The van der Waals surface area contributed by atoms with E-state index in [1.165, 1.54) is 0 Å². The first kappa shape index (κ1) is 16.3. The summed E-state index contributed by atoms with van der Waals surface area (Å²) in [6.07, 6.45) is 0.896. The highest BCUT2D eigenvalue weighted by atomic mass is 32.1. The zero-order valence-corrected chi connectivity index (χ0v) is 14.9. The van der Waals surface area contributed by atoms with Crippen LogP contribution in [0.1, 0.15) is 31.9 Å². The molecule has 1 N–H and O–H groups in total. The van der Waals surface area contributed by atoms with E-state index in [4.69, 9.17) is 26.4 Å². The third-order valence-corrected chi connectivity index (χ3v) is 5.35. The molecular formula is C17H24N2O3S. The highest BCUT2D eigenvalue weighted by Crippen LogP contribution is 2.50. The second-order valence-corrected chi connectivity index (χ2v) is 6.64. The van der Waals surface area contributed by atoms with E-state index in [1.54, 1.807) is 14.2 Å². The molecule has 3 unspecified atom stereocenters. The van der Waals surface area contributed by atoms with Crippen molar-refractivity contribution < 1.29 is 14.2 Å². The van der Waals surface area contributed by atoms with Crippen LogP contribution in [0.3, 0.4) is 0 Å². The first-order chi connectivity index (χ1) is 11.0. The first-order valence-corrected chi connectivity index (χ1v) is 8.36. The van der Waals surface area contributed by atoms with Gasteiger partial charge in [0.2, 0.25) is 0 Å². The number of rotatable bonds is 5. The number of methoxy groups -OCH3 is 2. The Hall–Kier alpha value is -1.53. The first-order valence-electron chi connectivity index (χ1n) is 7.96. The summed E-state index contributed by atoms with van der Waals surface area (Å²) in [5.41, 5.74) is 0.607. The maximum Gasteiger partial charge on any atom is 0.187 e. The van der Waals surface area contributed by atoms with E-state index in [0.29, 0.717) is 6.61 Å². The molecule has 5 nitrogen and oxygen atoms in total. The van der Waals surface area contributed by atoms with E-state index in [1.807, 2.05) is 12.1 Å². The maximum absolute atomic E-state index is 6.47. The van der Waals surface area contributed by atoms with E-state index in [0.717, 1.165) is 35.1 Å². The summed E-state index contributed by atoms with van der Waals surface area (Å²) in [6, 6.07) is 6.13. The van der Waals surface area contributed by atoms with Gasteiger partial charge in [-0.3, -0.25) is 0 Å². The Morgan fingerprint density at radius 2 is 2.17 bits per heavy atom. The zero-order valence-electron chi connectivity index (χ0n) is 14.1. The van der Waals surface area contributed by atoms with E-state index < -0.39 is 5.72 Å². The molecule has 0 amide bonds. The van der Waals surface area contributed by atoms with Crippen molar-refractivity contribution in [3.8, 4) is 11.5 Å². The molecule has 2 heterocycles. The van der Waals surface area contributed by atoms with Gasteiger partial charge in [-0.15, -0.1) is 0 Å². The van der Waals surface area contributed by atoms with Crippen molar-refractivity contribution in [3.05, 3.63) is 23.8 Å². The number of nitrogens with one attached hydrogen (secondary N) is 1. The fourth-order valence-corrected chi connectivity index (χ4v) is 3.93. The number of hydrogen-bond acceptors (Lipinski definition) is 4. The van der Waals surface area contributed by atoms with Gasteiger partial charge >= 0.3 is 0 Å². The van der Waals surface area contributed by atoms with Gasteiger partial charge in [-0.1, -0.05) is 19.1 Å². The third-order valence-electron chi connectivity index (χ3n) is 5.01. The summed E-state index contributed by atoms with van der Waals surface area (Å²) in [4.78, 5) is 2.14. The molecule has 0 aliphatic carbocycles. The number of para-hydroxylation sites is 1. The Morgan fingerprint density at radius 3 is 2.87 bits per heavy atom. The second kappa shape index (κ2) is 6.17. The Bertz CT molecular complexity index is 610. The predicted octanol–water partition coefficient (Wildman–Crippen LogP) is 2.71. The lowest BCUT2D eigenvalue weighted by molar-refractivity contribution is -0.112. The lowest BCUT2D eigenvalue weighted by Gasteiger charge is -2.56. The zero-order chi connectivity index (χ0) is 16.6. The van der Waals surface area contributed by atoms with Gasteiger partial charge in [0.15, 0.2) is 22.3 Å². The molecule has 2 bridgehead atoms. The minimum Gasteiger partial charge on any atom is -0.493 e. The summed E-state index contributed by atoms with van der Waals surface area (Å²) < 4.78 is 17.1. The van der Waals surface area contributed by atoms with Gasteiger partial charge in [-0.05, 0) is 31.6 Å². The van der Waals surface area contributed by atoms with Crippen LogP contribution in [-0.2, 0) is 4.74 Å². The Kier molecular flexibility index (Phi) is 4.38. The van der Waals surface area contributed by atoms with Gasteiger partial charge in [0.05, 0.1) is 13.2 Å². The molecule has 6 heteroatoms. The molecule has 2 aliphatic rings. The molecule has 0 aromatic heterocycles. The molecule has 1 aromatic carbocycles. The van der Waals surface area contributed by atoms with E-state index in [9.17, 15) is 0 Å². The van der Waals surface area contributed by atoms with Crippen LogP contribution in [0.25, 0.3) is 0 Å². The fraction of sp³-hybridized carbons (Fsp3) is 0.588. The van der Waals surface area contributed by atoms with Crippen molar-refractivity contribution in [1.82, 2.24) is 10.2 Å². The van der Waals surface area contributed by atoms with Crippen LogP contribution < -0.4 is 14.8 Å². The number of thiocarbonyl (C=S) groups is 1. The number of benzene rings is 1. The van der Waals surface area contributed by atoms with Crippen LogP contribution in [-0.4, -0.2) is 43.1 Å². The van der Waals surface area contributed by atoms with Gasteiger partial charge in [0, 0.05) is 31.7 Å². The second-order valence-electron chi connectivity index (χ2n) is 6.25. The fourth-order valence-electron chi connectivity index (χ4n) is 3.53. The van der Waals surface area contributed by atoms with E-state index in [2.05, 4.69) is 30.1 Å². The highest BCUT2D eigenvalue weighted by molar-refractivity contribution is 7.80. The molecule has 3 atom stereocenters. The lowest BCUT2D eigenvalue weighted by atomic mass is 9.80. The van der Waals surface area contributed by atoms with Gasteiger partial charge in [0.1, 0.15) is 0 Å². The average Bonchev–Trinajstić information content (AvgIpc) is 2.53. The highest BCUT2D eigenvalue weighted by Gasteiger charge is 2.53. The number of nitrogens with zero attached hydrogens (tertiary/aromatic N) is 1. The smallest absolute Gasteiger partial charge is 0.187 e. The molecule has 1 fully saturated rings. The van der Waals surface area contributed by atoms with Crippen molar-refractivity contribution in [2.24, 2.45) is 5.92 Å². The molecule has 1 saturated heterocycles. The van der Waals surface area contributed by atoms with Crippen LogP contribution in [0.4, 0.5) is 0 Å². The minimum atomic E-state index is -0.498. The standard InChI is InChI=1S/C17H24N2O3S/c1-11-14-12-7-5-8-13(21-4)15(12)22-17(11,2)19(16(23)18-14)9-6-10-20-3/h5,7-8,11,14H,6,9-10H2,1-4H3,(H,18,23). The number of hydrogen-bond donors (Lipinski definition) is 1. The van der Waals surface area contributed by atoms with Gasteiger partial charge in [0.25, 0.3) is 0 Å². The van der Waals surface area contributed by atoms with Crippen LogP contribution in [0.5, 0.6) is 11.5 Å². The van der Waals surface area contributed by atoms with Crippen molar-refractivity contribution >= 4 is 17.3 Å². The SMILES string of the molecule is COCCCN1C(=S)NC2c3cccc(OC)c3OC1(C)C2C. The topological polar surface area (TPSA) is 43.0 Å². The Labute approximate surface area is 142 Å². The molecule has 0 radical (unpaired) electrons. The van der Waals surface area contributed by atoms with Crippen molar-refractivity contribution in [1.29, 1.82) is 0 Å². The van der Waals surface area contributed by atoms with Gasteiger partial charge < -0.3 is 24.4 Å². The van der Waals surface area contributed by atoms with Crippen molar-refractivity contribution in [2.75, 3.05) is 27.4 Å². The average molecular weight is 336 g/mol. The monoisotopic (exact) mass is 336 g/mol. The molecule has 0 spiro atoms. The lowest BCUT2D eigenvalue weighted by Crippen LogP contribution is -2.69. The molecule has 1 aromatic rings. The van der Waals surface area contributed by atoms with E-state index >= 15 is 0 Å². The number of ether oxygens (including phenoxy) is 3. The molecular weight excluding hydrogens is 312 g/mol. The quantitative estimate of drug-likeness (QED) is 0.659. The van der Waals surface area contributed by atoms with Crippen molar-refractivity contribution in [2.45, 2.75) is 32.0 Å². The summed E-state index contributed by atoms with van der Waals surface area (Å²) in [5, 5.41) is 4.22. The van der Waals surface area contributed by atoms with Gasteiger partial charge in [-0.25, -0.2) is 0 Å². The molecule has 23 heavy (non-hydrogen) atoms. The molecule has 3 rings (SSSR count). The summed E-state index contributed by atoms with van der Waals surface area (Å²) >= 11 is 5.61. The minimum absolute atomic E-state index is 0.130. The van der Waals surface area contributed by atoms with Crippen molar-refractivity contribution in [3.63, 3.8) is 0 Å². The normalized spacial score (nSPS) is 28.7. The Morgan fingerprint density at radius 1 is 1.39 bits per heavy atom. The number of fused-ring (bicyclic) bond motifs is 4. The molecule has 2 aliphatic heterocycles. The Balaban J connectivity index is 1.99. The van der Waals surface area contributed by atoms with E-state index in [-0.39, 0.29) is 12.0 Å². The van der Waals surface area contributed by atoms with Crippen LogP contribution in [0.2, 0.25) is 0 Å². The predicted molar refractivity (Wildman–Crippen MR) is 92.9 cm³/mol. The van der Waals surface area contributed by atoms with Crippen LogP contribution in [0, 0.1) is 5.92 Å². The van der Waals surface area contributed by atoms with Crippen LogP contribution >= 0.6 is 12.2 Å². The molecule has 0 saturated carbocycles. The summed E-state index contributed by atoms with van der Waals surface area (Å²) in [5.74, 6) is 1.82. The largest absolute Gasteiger partial charge is 0.493 e. The third kappa shape index (κ3) is 2.54. The maximum atomic E-state index is 6.47. The summed E-state index contributed by atoms with van der Waals surface area (Å²) in [6.45, 7) is 5.80. The summed E-state index contributed by atoms with van der Waals surface area (Å²) in [7, 11) is 3.38. The van der Waals surface area contributed by atoms with Gasteiger partial charge in [-0.2, -0.15) is 0 Å².